The number of likely N-dealkylation sites (tertiary alicyclic amines) is 1. The van der Waals surface area contributed by atoms with Gasteiger partial charge in [0.1, 0.15) is 11.8 Å². The predicted molar refractivity (Wildman–Crippen MR) is 62.2 cm³/mol. The highest BCUT2D eigenvalue weighted by molar-refractivity contribution is 5.45. The van der Waals surface area contributed by atoms with Crippen molar-refractivity contribution in [2.75, 3.05) is 20.2 Å². The lowest BCUT2D eigenvalue weighted by Crippen LogP contribution is -2.18. The maximum Gasteiger partial charge on any atom is 0.136 e. The summed E-state index contributed by atoms with van der Waals surface area (Å²) in [5.41, 5.74) is 1.82. The van der Waals surface area contributed by atoms with E-state index in [-0.39, 0.29) is 0 Å². The molecule has 0 radical (unpaired) electrons. The minimum absolute atomic E-state index is 0.624. The average Bonchev–Trinajstić information content (AvgIpc) is 2.81. The summed E-state index contributed by atoms with van der Waals surface area (Å²) in [4.78, 5) is 2.42. The summed E-state index contributed by atoms with van der Waals surface area (Å²) in [5.74, 6) is 0.660. The van der Waals surface area contributed by atoms with E-state index in [4.69, 9.17) is 10.00 Å². The summed E-state index contributed by atoms with van der Waals surface area (Å²) in [6.45, 7) is 3.29. The van der Waals surface area contributed by atoms with E-state index in [1.807, 2.05) is 18.2 Å². The Morgan fingerprint density at radius 3 is 2.75 bits per heavy atom. The zero-order valence-electron chi connectivity index (χ0n) is 9.57. The third-order valence-electron chi connectivity index (χ3n) is 2.99. The van der Waals surface area contributed by atoms with Gasteiger partial charge in [0, 0.05) is 6.54 Å². The third kappa shape index (κ3) is 2.34. The van der Waals surface area contributed by atoms with Gasteiger partial charge in [-0.1, -0.05) is 6.07 Å². The molecule has 1 fully saturated rings. The summed E-state index contributed by atoms with van der Waals surface area (Å²) in [6.07, 6.45) is 2.59. The Morgan fingerprint density at radius 2 is 2.12 bits per heavy atom. The molecule has 1 heterocycles. The van der Waals surface area contributed by atoms with Crippen LogP contribution in [0.5, 0.6) is 5.75 Å². The largest absolute Gasteiger partial charge is 0.495 e. The van der Waals surface area contributed by atoms with Crippen molar-refractivity contribution in [3.63, 3.8) is 0 Å². The highest BCUT2D eigenvalue weighted by atomic mass is 16.5. The van der Waals surface area contributed by atoms with Crippen molar-refractivity contribution in [2.45, 2.75) is 19.4 Å². The fourth-order valence-electron chi connectivity index (χ4n) is 2.14. The Balaban J connectivity index is 2.13. The molecule has 1 saturated heterocycles. The molecule has 1 aliphatic heterocycles. The lowest BCUT2D eigenvalue weighted by atomic mass is 10.1. The van der Waals surface area contributed by atoms with Crippen molar-refractivity contribution in [2.24, 2.45) is 0 Å². The lowest BCUT2D eigenvalue weighted by molar-refractivity contribution is 0.331. The van der Waals surface area contributed by atoms with Crippen LogP contribution in [0.2, 0.25) is 0 Å². The molecule has 3 nitrogen and oxygen atoms in total. The molecule has 1 aliphatic rings. The number of methoxy groups -OCH3 is 1. The Kier molecular flexibility index (Phi) is 3.43. The van der Waals surface area contributed by atoms with E-state index in [2.05, 4.69) is 11.0 Å². The average molecular weight is 216 g/mol. The first-order valence-electron chi connectivity index (χ1n) is 5.63. The van der Waals surface area contributed by atoms with E-state index in [1.54, 1.807) is 7.11 Å². The van der Waals surface area contributed by atoms with Gasteiger partial charge in [0.15, 0.2) is 0 Å². The van der Waals surface area contributed by atoms with E-state index in [9.17, 15) is 0 Å². The molecule has 0 saturated carbocycles. The maximum atomic E-state index is 8.99. The molecule has 3 heteroatoms. The second-order valence-electron chi connectivity index (χ2n) is 4.13. The molecular weight excluding hydrogens is 200 g/mol. The molecule has 0 atom stereocenters. The van der Waals surface area contributed by atoms with Crippen LogP contribution in [0.3, 0.4) is 0 Å². The molecule has 84 valence electrons. The van der Waals surface area contributed by atoms with Gasteiger partial charge in [0.05, 0.1) is 12.7 Å². The molecule has 2 rings (SSSR count). The van der Waals surface area contributed by atoms with Crippen LogP contribution in [-0.4, -0.2) is 25.1 Å². The summed E-state index contributed by atoms with van der Waals surface area (Å²) in [5, 5.41) is 8.99. The highest BCUT2D eigenvalue weighted by Gasteiger charge is 2.12. The van der Waals surface area contributed by atoms with Gasteiger partial charge in [-0.3, -0.25) is 4.90 Å². The number of rotatable bonds is 3. The molecule has 1 aromatic carbocycles. The fourth-order valence-corrected chi connectivity index (χ4v) is 2.14. The minimum atomic E-state index is 0.624. The molecule has 0 aliphatic carbocycles. The summed E-state index contributed by atoms with van der Waals surface area (Å²) in [7, 11) is 1.59. The van der Waals surface area contributed by atoms with Crippen LogP contribution in [0.25, 0.3) is 0 Å². The number of benzene rings is 1. The Bertz CT molecular complexity index is 403. The molecule has 16 heavy (non-hydrogen) atoms. The number of nitrogens with zero attached hydrogens (tertiary/aromatic N) is 2. The van der Waals surface area contributed by atoms with Gasteiger partial charge >= 0.3 is 0 Å². The third-order valence-corrected chi connectivity index (χ3v) is 2.99. The highest BCUT2D eigenvalue weighted by Crippen LogP contribution is 2.20. The van der Waals surface area contributed by atoms with Crippen molar-refractivity contribution < 1.29 is 4.74 Å². The summed E-state index contributed by atoms with van der Waals surface area (Å²) in [6, 6.07) is 8.01. The Labute approximate surface area is 96.2 Å². The first kappa shape index (κ1) is 11.0. The summed E-state index contributed by atoms with van der Waals surface area (Å²) < 4.78 is 5.13. The molecular formula is C13H16N2O. The maximum absolute atomic E-state index is 8.99. The zero-order valence-corrected chi connectivity index (χ0v) is 9.57. The second-order valence-corrected chi connectivity index (χ2v) is 4.13. The van der Waals surface area contributed by atoms with Gasteiger partial charge < -0.3 is 4.74 Å². The van der Waals surface area contributed by atoms with E-state index < -0.39 is 0 Å². The van der Waals surface area contributed by atoms with Crippen molar-refractivity contribution in [3.05, 3.63) is 29.3 Å². The van der Waals surface area contributed by atoms with E-state index in [0.717, 1.165) is 6.54 Å². The molecule has 0 amide bonds. The van der Waals surface area contributed by atoms with Gasteiger partial charge in [0.25, 0.3) is 0 Å². The van der Waals surface area contributed by atoms with Crippen LogP contribution in [0, 0.1) is 11.3 Å². The van der Waals surface area contributed by atoms with Crippen molar-refractivity contribution in [1.82, 2.24) is 4.90 Å². The van der Waals surface area contributed by atoms with Crippen molar-refractivity contribution in [3.8, 4) is 11.8 Å². The molecule has 0 N–H and O–H groups in total. The molecule has 0 bridgehead atoms. The fraction of sp³-hybridized carbons (Fsp3) is 0.462. The van der Waals surface area contributed by atoms with Gasteiger partial charge in [-0.2, -0.15) is 5.26 Å². The smallest absolute Gasteiger partial charge is 0.136 e. The molecule has 0 spiro atoms. The molecule has 1 aromatic rings. The Morgan fingerprint density at radius 1 is 1.38 bits per heavy atom. The van der Waals surface area contributed by atoms with Crippen molar-refractivity contribution in [1.29, 1.82) is 5.26 Å². The van der Waals surface area contributed by atoms with Gasteiger partial charge in [0.2, 0.25) is 0 Å². The number of ether oxygens (including phenoxy) is 1. The number of nitriles is 1. The van der Waals surface area contributed by atoms with Gasteiger partial charge in [-0.05, 0) is 43.6 Å². The minimum Gasteiger partial charge on any atom is -0.495 e. The van der Waals surface area contributed by atoms with Crippen LogP contribution in [0.4, 0.5) is 0 Å². The zero-order chi connectivity index (χ0) is 11.4. The predicted octanol–water partition coefficient (Wildman–Crippen LogP) is 2.16. The topological polar surface area (TPSA) is 36.3 Å². The first-order valence-corrected chi connectivity index (χ1v) is 5.63. The van der Waals surface area contributed by atoms with Crippen LogP contribution in [-0.2, 0) is 6.54 Å². The Hall–Kier alpha value is -1.53. The SMILES string of the molecule is COc1ccc(CN2CCCC2)cc1C#N. The van der Waals surface area contributed by atoms with Crippen LogP contribution < -0.4 is 4.74 Å². The van der Waals surface area contributed by atoms with E-state index >= 15 is 0 Å². The van der Waals surface area contributed by atoms with Crippen LogP contribution in [0.15, 0.2) is 18.2 Å². The molecule has 0 unspecified atom stereocenters. The van der Waals surface area contributed by atoms with E-state index in [0.29, 0.717) is 11.3 Å². The lowest BCUT2D eigenvalue weighted by Gasteiger charge is -2.15. The first-order chi connectivity index (χ1) is 7.83. The van der Waals surface area contributed by atoms with Gasteiger partial charge in [-0.15, -0.1) is 0 Å². The summed E-state index contributed by atoms with van der Waals surface area (Å²) >= 11 is 0. The van der Waals surface area contributed by atoms with Crippen molar-refractivity contribution >= 4 is 0 Å². The quantitative estimate of drug-likeness (QED) is 0.776. The normalized spacial score (nSPS) is 16.0. The van der Waals surface area contributed by atoms with Crippen LogP contribution >= 0.6 is 0 Å². The van der Waals surface area contributed by atoms with E-state index in [1.165, 1.54) is 31.5 Å². The standard InChI is InChI=1S/C13H16N2O/c1-16-13-5-4-11(8-12(13)9-14)10-15-6-2-3-7-15/h4-5,8H,2-3,6-7,10H2,1H3. The van der Waals surface area contributed by atoms with Crippen LogP contribution in [0.1, 0.15) is 24.0 Å². The monoisotopic (exact) mass is 216 g/mol. The number of hydrogen-bond donors (Lipinski definition) is 0. The number of hydrogen-bond acceptors (Lipinski definition) is 3. The second kappa shape index (κ2) is 5.00. The van der Waals surface area contributed by atoms with Gasteiger partial charge in [-0.25, -0.2) is 0 Å². The molecule has 0 aromatic heterocycles.